The van der Waals surface area contributed by atoms with Crippen molar-refractivity contribution in [2.75, 3.05) is 12.4 Å². The van der Waals surface area contributed by atoms with Crippen LogP contribution in [0.2, 0.25) is 0 Å². The molecule has 0 heterocycles. The van der Waals surface area contributed by atoms with Gasteiger partial charge < -0.3 is 4.74 Å². The number of halogens is 2. The van der Waals surface area contributed by atoms with Crippen LogP contribution in [0.5, 0.6) is 5.75 Å². The molecule has 0 spiro atoms. The van der Waals surface area contributed by atoms with Gasteiger partial charge in [0.2, 0.25) is 0 Å². The van der Waals surface area contributed by atoms with E-state index in [0.717, 1.165) is 18.6 Å². The van der Waals surface area contributed by atoms with Gasteiger partial charge in [-0.25, -0.2) is 4.39 Å². The van der Waals surface area contributed by atoms with E-state index >= 15 is 0 Å². The predicted octanol–water partition coefficient (Wildman–Crippen LogP) is 4.70. The molecule has 1 aromatic carbocycles. The predicted molar refractivity (Wildman–Crippen MR) is 76.5 cm³/mol. The maximum atomic E-state index is 13.3. The molecule has 96 valence electrons. The van der Waals surface area contributed by atoms with Gasteiger partial charge in [0, 0.05) is 11.5 Å². The van der Waals surface area contributed by atoms with E-state index in [9.17, 15) is 4.39 Å². The summed E-state index contributed by atoms with van der Waals surface area (Å²) in [5, 5.41) is 0. The van der Waals surface area contributed by atoms with Crippen molar-refractivity contribution in [1.29, 1.82) is 0 Å². The first-order valence-electron chi connectivity index (χ1n) is 5.75. The average Bonchev–Trinajstić information content (AvgIpc) is 2.36. The zero-order valence-corrected chi connectivity index (χ0v) is 12.7. The van der Waals surface area contributed by atoms with Crippen LogP contribution in [0.25, 0.3) is 0 Å². The van der Waals surface area contributed by atoms with E-state index in [2.05, 4.69) is 42.4 Å². The Bertz CT molecular complexity index is 358. The van der Waals surface area contributed by atoms with E-state index in [1.54, 1.807) is 12.1 Å². The molecule has 0 aliphatic carbocycles. The molecule has 0 amide bonds. The second kappa shape index (κ2) is 6.64. The number of thiol groups is 1. The van der Waals surface area contributed by atoms with E-state index in [4.69, 9.17) is 4.74 Å². The summed E-state index contributed by atoms with van der Waals surface area (Å²) in [6.45, 7) is 4.83. The maximum absolute atomic E-state index is 13.3. The standard InChI is InChI=1S/C13H18BrFOS/c1-3-13(4-2,9-17)8-16-10-5-6-11(14)12(15)7-10/h5-7,17H,3-4,8-9H2,1-2H3. The van der Waals surface area contributed by atoms with E-state index in [1.807, 2.05) is 0 Å². The lowest BCUT2D eigenvalue weighted by Gasteiger charge is -2.29. The SMILES string of the molecule is CCC(CC)(CS)COc1ccc(Br)c(F)c1. The molecule has 0 unspecified atom stereocenters. The Morgan fingerprint density at radius 2 is 2.00 bits per heavy atom. The van der Waals surface area contributed by atoms with Crippen LogP contribution in [-0.2, 0) is 0 Å². The van der Waals surface area contributed by atoms with Gasteiger partial charge >= 0.3 is 0 Å². The van der Waals surface area contributed by atoms with Crippen molar-refractivity contribution >= 4 is 28.6 Å². The molecule has 0 N–H and O–H groups in total. The van der Waals surface area contributed by atoms with Crippen molar-refractivity contribution in [1.82, 2.24) is 0 Å². The summed E-state index contributed by atoms with van der Waals surface area (Å²) in [5.74, 6) is 1.05. The molecule has 0 bridgehead atoms. The van der Waals surface area contributed by atoms with Gasteiger partial charge in [-0.1, -0.05) is 13.8 Å². The Morgan fingerprint density at radius 3 is 2.47 bits per heavy atom. The summed E-state index contributed by atoms with van der Waals surface area (Å²) in [5.41, 5.74) is 0.0761. The Kier molecular flexibility index (Phi) is 5.80. The molecule has 1 nitrogen and oxygen atoms in total. The van der Waals surface area contributed by atoms with Crippen molar-refractivity contribution in [2.45, 2.75) is 26.7 Å². The highest BCUT2D eigenvalue weighted by molar-refractivity contribution is 9.10. The van der Waals surface area contributed by atoms with Crippen LogP contribution in [0.3, 0.4) is 0 Å². The second-order valence-corrected chi connectivity index (χ2v) is 5.40. The van der Waals surface area contributed by atoms with Crippen molar-refractivity contribution in [3.63, 3.8) is 0 Å². The first-order valence-corrected chi connectivity index (χ1v) is 7.18. The van der Waals surface area contributed by atoms with Gasteiger partial charge in [-0.3, -0.25) is 0 Å². The Labute approximate surface area is 116 Å². The fraction of sp³-hybridized carbons (Fsp3) is 0.538. The molecule has 0 fully saturated rings. The van der Waals surface area contributed by atoms with E-state index in [-0.39, 0.29) is 11.2 Å². The summed E-state index contributed by atoms with van der Waals surface area (Å²) in [6, 6.07) is 4.82. The molecule has 0 atom stereocenters. The lowest BCUT2D eigenvalue weighted by Crippen LogP contribution is -2.29. The third-order valence-corrected chi connectivity index (χ3v) is 4.59. The van der Waals surface area contributed by atoms with Crippen molar-refractivity contribution in [3.8, 4) is 5.75 Å². The van der Waals surface area contributed by atoms with Gasteiger partial charge in [-0.2, -0.15) is 12.6 Å². The summed E-state index contributed by atoms with van der Waals surface area (Å²) in [6.07, 6.45) is 2.01. The topological polar surface area (TPSA) is 9.23 Å². The zero-order chi connectivity index (χ0) is 12.9. The highest BCUT2D eigenvalue weighted by atomic mass is 79.9. The van der Waals surface area contributed by atoms with Crippen LogP contribution in [0.4, 0.5) is 4.39 Å². The van der Waals surface area contributed by atoms with Crippen LogP contribution in [0.15, 0.2) is 22.7 Å². The fourth-order valence-corrected chi connectivity index (χ4v) is 2.31. The molecule has 0 aliphatic heterocycles. The van der Waals surface area contributed by atoms with Gasteiger partial charge in [-0.05, 0) is 46.7 Å². The molecule has 0 aromatic heterocycles. The Balaban J connectivity index is 2.68. The van der Waals surface area contributed by atoms with Gasteiger partial charge in [0.1, 0.15) is 11.6 Å². The van der Waals surface area contributed by atoms with Crippen molar-refractivity contribution < 1.29 is 9.13 Å². The average molecular weight is 321 g/mol. The number of benzene rings is 1. The third kappa shape index (κ3) is 3.88. The van der Waals surface area contributed by atoms with Crippen molar-refractivity contribution in [2.24, 2.45) is 5.41 Å². The van der Waals surface area contributed by atoms with Crippen molar-refractivity contribution in [3.05, 3.63) is 28.5 Å². The number of hydrogen-bond acceptors (Lipinski definition) is 2. The normalized spacial score (nSPS) is 11.6. The molecule has 0 aliphatic rings. The molecule has 1 rings (SSSR count). The van der Waals surface area contributed by atoms with Gasteiger partial charge in [-0.15, -0.1) is 0 Å². The van der Waals surface area contributed by atoms with Crippen LogP contribution < -0.4 is 4.74 Å². The molecule has 4 heteroatoms. The highest BCUT2D eigenvalue weighted by Gasteiger charge is 2.25. The van der Waals surface area contributed by atoms with Gasteiger partial charge in [0.15, 0.2) is 0 Å². The first kappa shape index (κ1) is 14.8. The largest absolute Gasteiger partial charge is 0.493 e. The monoisotopic (exact) mass is 320 g/mol. The van der Waals surface area contributed by atoms with Crippen LogP contribution in [-0.4, -0.2) is 12.4 Å². The molecular weight excluding hydrogens is 303 g/mol. The van der Waals surface area contributed by atoms with E-state index in [1.165, 1.54) is 6.07 Å². The van der Waals surface area contributed by atoms with Gasteiger partial charge in [0.05, 0.1) is 11.1 Å². The summed E-state index contributed by atoms with van der Waals surface area (Å²) < 4.78 is 19.4. The lowest BCUT2D eigenvalue weighted by molar-refractivity contribution is 0.156. The number of rotatable bonds is 6. The lowest BCUT2D eigenvalue weighted by atomic mass is 9.85. The quantitative estimate of drug-likeness (QED) is 0.747. The fourth-order valence-electron chi connectivity index (χ4n) is 1.53. The number of ether oxygens (including phenoxy) is 1. The van der Waals surface area contributed by atoms with Crippen LogP contribution in [0.1, 0.15) is 26.7 Å². The Morgan fingerprint density at radius 1 is 1.35 bits per heavy atom. The molecule has 0 saturated carbocycles. The number of hydrogen-bond donors (Lipinski definition) is 1. The second-order valence-electron chi connectivity index (χ2n) is 4.23. The Hall–Kier alpha value is -0.220. The minimum absolute atomic E-state index is 0.0761. The van der Waals surface area contributed by atoms with Crippen LogP contribution >= 0.6 is 28.6 Å². The van der Waals surface area contributed by atoms with Gasteiger partial charge in [0.25, 0.3) is 0 Å². The molecule has 1 aromatic rings. The maximum Gasteiger partial charge on any atom is 0.141 e. The molecule has 0 saturated heterocycles. The minimum atomic E-state index is -0.299. The smallest absolute Gasteiger partial charge is 0.141 e. The van der Waals surface area contributed by atoms with E-state index in [0.29, 0.717) is 16.8 Å². The third-order valence-electron chi connectivity index (χ3n) is 3.27. The summed E-state index contributed by atoms with van der Waals surface area (Å²) in [4.78, 5) is 0. The zero-order valence-electron chi connectivity index (χ0n) is 10.2. The molecular formula is C13H18BrFOS. The highest BCUT2D eigenvalue weighted by Crippen LogP contribution is 2.29. The van der Waals surface area contributed by atoms with E-state index < -0.39 is 0 Å². The summed E-state index contributed by atoms with van der Waals surface area (Å²) >= 11 is 7.50. The summed E-state index contributed by atoms with van der Waals surface area (Å²) in [7, 11) is 0. The van der Waals surface area contributed by atoms with Crippen LogP contribution in [0, 0.1) is 11.2 Å². The minimum Gasteiger partial charge on any atom is -0.493 e. The molecule has 17 heavy (non-hydrogen) atoms. The molecule has 0 radical (unpaired) electrons. The first-order chi connectivity index (χ1) is 8.06.